The van der Waals surface area contributed by atoms with Crippen molar-refractivity contribution in [3.63, 3.8) is 0 Å². The maximum atomic E-state index is 13.0. The molecule has 0 aliphatic rings. The quantitative estimate of drug-likeness (QED) is 0.527. The van der Waals surface area contributed by atoms with Crippen LogP contribution in [0.1, 0.15) is 5.76 Å². The summed E-state index contributed by atoms with van der Waals surface area (Å²) in [4.78, 5) is 5.17. The number of anilines is 1. The van der Waals surface area contributed by atoms with Crippen molar-refractivity contribution in [3.8, 4) is 10.8 Å². The number of nitrogens with zero attached hydrogens (tertiary/aromatic N) is 1. The fraction of sp³-hybridized carbons (Fsp3) is 0.0556. The number of sulfone groups is 1. The van der Waals surface area contributed by atoms with Crippen LogP contribution in [0.2, 0.25) is 0 Å². The van der Waals surface area contributed by atoms with Crippen LogP contribution in [0.15, 0.2) is 85.0 Å². The molecule has 0 saturated carbocycles. The minimum Gasteiger partial charge on any atom is -0.467 e. The number of nitrogens with one attached hydrogen (secondary N) is 1. The maximum Gasteiger partial charge on any atom is 0.240 e. The molecule has 26 heavy (non-hydrogen) atoms. The van der Waals surface area contributed by atoms with Crippen LogP contribution in [0.4, 0.5) is 5.88 Å². The first kappa shape index (κ1) is 16.6. The number of oxazole rings is 1. The van der Waals surface area contributed by atoms with Gasteiger partial charge in [0.1, 0.15) is 5.76 Å². The average Bonchev–Trinajstić information content (AvgIpc) is 3.41. The molecule has 0 radical (unpaired) electrons. The topological polar surface area (TPSA) is 85.3 Å². The zero-order chi connectivity index (χ0) is 18.0. The molecule has 4 aromatic rings. The highest BCUT2D eigenvalue weighted by atomic mass is 32.2. The van der Waals surface area contributed by atoms with Crippen LogP contribution in [-0.2, 0) is 16.4 Å². The van der Waals surface area contributed by atoms with Crippen LogP contribution in [0, 0.1) is 0 Å². The largest absolute Gasteiger partial charge is 0.467 e. The van der Waals surface area contributed by atoms with Crippen LogP contribution in [0.3, 0.4) is 0 Å². The Kier molecular flexibility index (Phi) is 4.36. The highest BCUT2D eigenvalue weighted by molar-refractivity contribution is 7.91. The van der Waals surface area contributed by atoms with Gasteiger partial charge >= 0.3 is 0 Å². The summed E-state index contributed by atoms with van der Waals surface area (Å²) in [6, 6.07) is 15.4. The average molecular weight is 386 g/mol. The number of furan rings is 1. The molecular weight excluding hydrogens is 372 g/mol. The predicted octanol–water partition coefficient (Wildman–Crippen LogP) is 4.44. The molecule has 0 aliphatic heterocycles. The molecule has 1 aromatic carbocycles. The van der Waals surface area contributed by atoms with E-state index in [9.17, 15) is 8.42 Å². The van der Waals surface area contributed by atoms with Crippen LogP contribution in [0.25, 0.3) is 10.8 Å². The summed E-state index contributed by atoms with van der Waals surface area (Å²) >= 11 is 1.42. The van der Waals surface area contributed by atoms with Gasteiger partial charge in [-0.1, -0.05) is 24.3 Å². The highest BCUT2D eigenvalue weighted by Crippen LogP contribution is 2.34. The predicted molar refractivity (Wildman–Crippen MR) is 97.7 cm³/mol. The third-order valence-corrected chi connectivity index (χ3v) is 6.18. The van der Waals surface area contributed by atoms with E-state index >= 15 is 0 Å². The van der Waals surface area contributed by atoms with Gasteiger partial charge in [0, 0.05) is 0 Å². The summed E-state index contributed by atoms with van der Waals surface area (Å²) in [5, 5.41) is 4.71. The van der Waals surface area contributed by atoms with Gasteiger partial charge in [-0.2, -0.15) is 4.98 Å². The molecule has 3 aromatic heterocycles. The van der Waals surface area contributed by atoms with Gasteiger partial charge in [0.25, 0.3) is 0 Å². The van der Waals surface area contributed by atoms with Crippen molar-refractivity contribution in [2.24, 2.45) is 0 Å². The summed E-state index contributed by atoms with van der Waals surface area (Å²) in [5.74, 6) is 1.01. The molecule has 0 saturated heterocycles. The number of thiophene rings is 1. The second-order valence-electron chi connectivity index (χ2n) is 5.38. The van der Waals surface area contributed by atoms with Gasteiger partial charge in [0.05, 0.1) is 22.6 Å². The molecular formula is C18H14N2O4S2. The van der Waals surface area contributed by atoms with Gasteiger partial charge < -0.3 is 14.2 Å². The molecule has 4 rings (SSSR count). The molecule has 0 unspecified atom stereocenters. The van der Waals surface area contributed by atoms with Crippen molar-refractivity contribution >= 4 is 27.1 Å². The first-order valence-corrected chi connectivity index (χ1v) is 10.1. The standard InChI is InChI=1S/C18H14N2O4S2/c21-26(22,14-7-2-1-3-8-14)18-17(19-12-13-6-4-10-23-13)24-16(20-18)15-9-5-11-25-15/h1-11,19H,12H2. The lowest BCUT2D eigenvalue weighted by Crippen LogP contribution is -2.07. The Bertz CT molecular complexity index is 1080. The maximum absolute atomic E-state index is 13.0. The summed E-state index contributed by atoms with van der Waals surface area (Å²) in [7, 11) is -3.82. The van der Waals surface area contributed by atoms with E-state index in [4.69, 9.17) is 8.83 Å². The Balaban J connectivity index is 1.76. The van der Waals surface area contributed by atoms with Gasteiger partial charge in [-0.05, 0) is 35.7 Å². The smallest absolute Gasteiger partial charge is 0.240 e. The fourth-order valence-corrected chi connectivity index (χ4v) is 4.35. The van der Waals surface area contributed by atoms with Crippen LogP contribution >= 0.6 is 11.3 Å². The Morgan fingerprint density at radius 2 is 1.88 bits per heavy atom. The lowest BCUT2D eigenvalue weighted by atomic mass is 10.4. The number of hydrogen-bond acceptors (Lipinski definition) is 7. The Hall–Kier alpha value is -2.84. The molecule has 8 heteroatoms. The molecule has 6 nitrogen and oxygen atoms in total. The molecule has 0 spiro atoms. The highest BCUT2D eigenvalue weighted by Gasteiger charge is 2.28. The number of aromatic nitrogens is 1. The van der Waals surface area contributed by atoms with Crippen molar-refractivity contribution in [3.05, 3.63) is 72.0 Å². The first-order valence-electron chi connectivity index (χ1n) is 7.76. The molecule has 3 heterocycles. The second-order valence-corrected chi connectivity index (χ2v) is 8.19. The molecule has 132 valence electrons. The van der Waals surface area contributed by atoms with Gasteiger partial charge in [0.15, 0.2) is 0 Å². The van der Waals surface area contributed by atoms with E-state index in [1.165, 1.54) is 23.5 Å². The Morgan fingerprint density at radius 3 is 2.58 bits per heavy atom. The molecule has 0 atom stereocenters. The minimum atomic E-state index is -3.82. The normalized spacial score (nSPS) is 11.5. The Morgan fingerprint density at radius 1 is 1.04 bits per heavy atom. The fourth-order valence-electron chi connectivity index (χ4n) is 2.40. The van der Waals surface area contributed by atoms with E-state index in [2.05, 4.69) is 10.3 Å². The van der Waals surface area contributed by atoms with Gasteiger partial charge in [-0.25, -0.2) is 8.42 Å². The molecule has 0 fully saturated rings. The number of rotatable bonds is 6. The zero-order valence-corrected chi connectivity index (χ0v) is 15.1. The van der Waals surface area contributed by atoms with E-state index in [1.54, 1.807) is 36.6 Å². The SMILES string of the molecule is O=S(=O)(c1ccccc1)c1nc(-c2cccs2)oc1NCc1ccco1. The first-order chi connectivity index (χ1) is 12.6. The summed E-state index contributed by atoms with van der Waals surface area (Å²) < 4.78 is 37.0. The molecule has 0 bridgehead atoms. The monoisotopic (exact) mass is 386 g/mol. The van der Waals surface area contributed by atoms with Gasteiger partial charge in [-0.3, -0.25) is 0 Å². The third-order valence-electron chi connectivity index (χ3n) is 3.64. The molecule has 0 aliphatic carbocycles. The van der Waals surface area contributed by atoms with Crippen LogP contribution in [-0.4, -0.2) is 13.4 Å². The lowest BCUT2D eigenvalue weighted by molar-refractivity contribution is 0.511. The lowest BCUT2D eigenvalue weighted by Gasteiger charge is -2.04. The van der Waals surface area contributed by atoms with E-state index in [1.807, 2.05) is 17.5 Å². The van der Waals surface area contributed by atoms with Crippen molar-refractivity contribution in [2.45, 2.75) is 16.5 Å². The number of hydrogen-bond donors (Lipinski definition) is 1. The molecule has 1 N–H and O–H groups in total. The number of benzene rings is 1. The minimum absolute atomic E-state index is 0.0913. The molecule has 0 amide bonds. The summed E-state index contributed by atoms with van der Waals surface area (Å²) in [6.07, 6.45) is 1.55. The van der Waals surface area contributed by atoms with Gasteiger partial charge in [0.2, 0.25) is 26.6 Å². The summed E-state index contributed by atoms with van der Waals surface area (Å²) in [5.41, 5.74) is 0. The van der Waals surface area contributed by atoms with Crippen molar-refractivity contribution in [2.75, 3.05) is 5.32 Å². The van der Waals surface area contributed by atoms with Crippen molar-refractivity contribution < 1.29 is 17.3 Å². The van der Waals surface area contributed by atoms with E-state index < -0.39 is 9.84 Å². The summed E-state index contributed by atoms with van der Waals surface area (Å²) in [6.45, 7) is 0.281. The van der Waals surface area contributed by atoms with Crippen LogP contribution < -0.4 is 5.32 Å². The second kappa shape index (κ2) is 6.81. The van der Waals surface area contributed by atoms with Crippen molar-refractivity contribution in [1.82, 2.24) is 4.98 Å². The van der Waals surface area contributed by atoms with E-state index in [0.717, 1.165) is 4.88 Å². The zero-order valence-electron chi connectivity index (χ0n) is 13.5. The van der Waals surface area contributed by atoms with Crippen LogP contribution in [0.5, 0.6) is 0 Å². The van der Waals surface area contributed by atoms with Gasteiger partial charge in [-0.15, -0.1) is 11.3 Å². The Labute approximate surface area is 154 Å². The van der Waals surface area contributed by atoms with E-state index in [-0.39, 0.29) is 28.2 Å². The third kappa shape index (κ3) is 3.16. The van der Waals surface area contributed by atoms with E-state index in [0.29, 0.717) is 5.76 Å². The van der Waals surface area contributed by atoms with Crippen molar-refractivity contribution in [1.29, 1.82) is 0 Å².